The maximum absolute atomic E-state index is 13.3. The van der Waals surface area contributed by atoms with Gasteiger partial charge in [-0.1, -0.05) is 31.2 Å². The first-order chi connectivity index (χ1) is 14.7. The highest BCUT2D eigenvalue weighted by Crippen LogP contribution is 2.21. The van der Waals surface area contributed by atoms with Crippen LogP contribution in [0.4, 0.5) is 0 Å². The van der Waals surface area contributed by atoms with Crippen molar-refractivity contribution in [1.82, 2.24) is 10.2 Å². The number of rotatable bonds is 10. The van der Waals surface area contributed by atoms with Crippen LogP contribution in [0, 0.1) is 13.8 Å². The predicted octanol–water partition coefficient (Wildman–Crippen LogP) is 4.02. The lowest BCUT2D eigenvalue weighted by molar-refractivity contribution is -0.143. The normalized spacial score (nSPS) is 11.7. The summed E-state index contributed by atoms with van der Waals surface area (Å²) >= 11 is 0. The number of hydrogen-bond donors (Lipinski definition) is 1. The SMILES string of the molecule is CC[C@@H](C(=O)NC(C)C)N(Cc1cccc(OC)c1)C(=O)COc1cc(C)ccc1C. The van der Waals surface area contributed by atoms with Gasteiger partial charge in [0, 0.05) is 12.6 Å². The second-order valence-electron chi connectivity index (χ2n) is 8.02. The monoisotopic (exact) mass is 426 g/mol. The molecule has 2 rings (SSSR count). The second-order valence-corrected chi connectivity index (χ2v) is 8.02. The lowest BCUT2D eigenvalue weighted by Gasteiger charge is -2.31. The van der Waals surface area contributed by atoms with Gasteiger partial charge >= 0.3 is 0 Å². The van der Waals surface area contributed by atoms with Gasteiger partial charge in [-0.25, -0.2) is 0 Å². The van der Waals surface area contributed by atoms with Gasteiger partial charge in [0.05, 0.1) is 7.11 Å². The molecule has 6 nitrogen and oxygen atoms in total. The van der Waals surface area contributed by atoms with Crippen molar-refractivity contribution in [3.05, 3.63) is 59.2 Å². The fraction of sp³-hybridized carbons (Fsp3) is 0.440. The molecule has 0 saturated heterocycles. The molecule has 1 atom stereocenters. The molecular formula is C25H34N2O4. The molecule has 6 heteroatoms. The molecule has 2 aromatic carbocycles. The van der Waals surface area contributed by atoms with Crippen molar-refractivity contribution in [2.24, 2.45) is 0 Å². The summed E-state index contributed by atoms with van der Waals surface area (Å²) in [5.41, 5.74) is 2.90. The van der Waals surface area contributed by atoms with Crippen molar-refractivity contribution >= 4 is 11.8 Å². The Morgan fingerprint density at radius 3 is 2.48 bits per heavy atom. The number of benzene rings is 2. The fourth-order valence-corrected chi connectivity index (χ4v) is 3.35. The van der Waals surface area contributed by atoms with Crippen LogP contribution in [0.3, 0.4) is 0 Å². The highest BCUT2D eigenvalue weighted by atomic mass is 16.5. The zero-order valence-electron chi connectivity index (χ0n) is 19.4. The Hall–Kier alpha value is -3.02. The molecule has 0 unspecified atom stereocenters. The molecule has 1 N–H and O–H groups in total. The summed E-state index contributed by atoms with van der Waals surface area (Å²) in [6.07, 6.45) is 0.498. The molecule has 0 radical (unpaired) electrons. The molecular weight excluding hydrogens is 392 g/mol. The summed E-state index contributed by atoms with van der Waals surface area (Å²) in [4.78, 5) is 27.7. The van der Waals surface area contributed by atoms with E-state index in [0.29, 0.717) is 17.9 Å². The van der Waals surface area contributed by atoms with E-state index in [2.05, 4.69) is 5.32 Å². The number of ether oxygens (including phenoxy) is 2. The van der Waals surface area contributed by atoms with Crippen LogP contribution in [0.2, 0.25) is 0 Å². The third kappa shape index (κ3) is 7.02. The van der Waals surface area contributed by atoms with E-state index in [-0.39, 0.29) is 31.0 Å². The maximum Gasteiger partial charge on any atom is 0.261 e. The standard InChI is InChI=1S/C25H34N2O4/c1-7-22(25(29)26-17(2)3)27(15-20-9-8-10-21(14-20)30-6)24(28)16-31-23-13-18(4)11-12-19(23)5/h8-14,17,22H,7,15-16H2,1-6H3,(H,26,29)/t22-/m0/s1. The Kier molecular flexibility index (Phi) is 8.91. The molecule has 2 amide bonds. The minimum absolute atomic E-state index is 0.0125. The van der Waals surface area contributed by atoms with Crippen molar-refractivity contribution in [3.63, 3.8) is 0 Å². The fourth-order valence-electron chi connectivity index (χ4n) is 3.35. The molecule has 0 bridgehead atoms. The van der Waals surface area contributed by atoms with Crippen LogP contribution in [0.1, 0.15) is 43.9 Å². The lowest BCUT2D eigenvalue weighted by atomic mass is 10.1. The Labute approximate surface area is 185 Å². The molecule has 2 aromatic rings. The van der Waals surface area contributed by atoms with Crippen molar-refractivity contribution in [1.29, 1.82) is 0 Å². The van der Waals surface area contributed by atoms with Crippen LogP contribution in [-0.2, 0) is 16.1 Å². The number of aryl methyl sites for hydroxylation is 2. The Morgan fingerprint density at radius 1 is 1.10 bits per heavy atom. The van der Waals surface area contributed by atoms with E-state index in [4.69, 9.17) is 9.47 Å². The lowest BCUT2D eigenvalue weighted by Crippen LogP contribution is -2.51. The highest BCUT2D eigenvalue weighted by Gasteiger charge is 2.29. The molecule has 0 aliphatic heterocycles. The zero-order chi connectivity index (χ0) is 23.0. The van der Waals surface area contributed by atoms with E-state index in [1.54, 1.807) is 12.0 Å². The first-order valence-electron chi connectivity index (χ1n) is 10.7. The van der Waals surface area contributed by atoms with Gasteiger partial charge in [0.15, 0.2) is 6.61 Å². The minimum Gasteiger partial charge on any atom is -0.497 e. The largest absolute Gasteiger partial charge is 0.497 e. The number of nitrogens with zero attached hydrogens (tertiary/aromatic N) is 1. The third-order valence-corrected chi connectivity index (χ3v) is 5.00. The Bertz CT molecular complexity index is 895. The molecule has 0 aliphatic carbocycles. The summed E-state index contributed by atoms with van der Waals surface area (Å²) in [6, 6.07) is 12.8. The van der Waals surface area contributed by atoms with Crippen LogP contribution in [0.15, 0.2) is 42.5 Å². The van der Waals surface area contributed by atoms with Crippen molar-refractivity contribution in [2.75, 3.05) is 13.7 Å². The van der Waals surface area contributed by atoms with E-state index >= 15 is 0 Å². The summed E-state index contributed by atoms with van der Waals surface area (Å²) in [6.45, 7) is 9.79. The van der Waals surface area contributed by atoms with Crippen LogP contribution in [0.5, 0.6) is 11.5 Å². The van der Waals surface area contributed by atoms with Crippen LogP contribution >= 0.6 is 0 Å². The number of carbonyl (C=O) groups is 2. The van der Waals surface area contributed by atoms with Crippen molar-refractivity contribution in [2.45, 2.75) is 59.7 Å². The summed E-state index contributed by atoms with van der Waals surface area (Å²) in [5.74, 6) is 0.973. The van der Waals surface area contributed by atoms with Gasteiger partial charge in [-0.15, -0.1) is 0 Å². The average Bonchev–Trinajstić information content (AvgIpc) is 2.73. The van der Waals surface area contributed by atoms with Crippen LogP contribution < -0.4 is 14.8 Å². The van der Waals surface area contributed by atoms with Crippen molar-refractivity contribution in [3.8, 4) is 11.5 Å². The van der Waals surface area contributed by atoms with Crippen molar-refractivity contribution < 1.29 is 19.1 Å². The summed E-state index contributed by atoms with van der Waals surface area (Å²) < 4.78 is 11.2. The predicted molar refractivity (Wildman–Crippen MR) is 122 cm³/mol. The highest BCUT2D eigenvalue weighted by molar-refractivity contribution is 5.88. The average molecular weight is 427 g/mol. The second kappa shape index (κ2) is 11.4. The van der Waals surface area contributed by atoms with E-state index in [9.17, 15) is 9.59 Å². The van der Waals surface area contributed by atoms with Gasteiger partial charge in [0.2, 0.25) is 5.91 Å². The number of carbonyl (C=O) groups excluding carboxylic acids is 2. The van der Waals surface area contributed by atoms with Gasteiger partial charge in [-0.3, -0.25) is 9.59 Å². The first kappa shape index (κ1) is 24.3. The van der Waals surface area contributed by atoms with Gasteiger partial charge in [-0.2, -0.15) is 0 Å². The molecule has 0 saturated carbocycles. The molecule has 0 fully saturated rings. The van der Waals surface area contributed by atoms with Gasteiger partial charge in [-0.05, 0) is 69.0 Å². The smallest absolute Gasteiger partial charge is 0.261 e. The van der Waals surface area contributed by atoms with E-state index in [1.807, 2.05) is 77.1 Å². The minimum atomic E-state index is -0.594. The topological polar surface area (TPSA) is 67.9 Å². The van der Waals surface area contributed by atoms with Gasteiger partial charge < -0.3 is 19.7 Å². The first-order valence-corrected chi connectivity index (χ1v) is 10.7. The number of nitrogens with one attached hydrogen (secondary N) is 1. The van der Waals surface area contributed by atoms with Crippen LogP contribution in [-0.4, -0.2) is 42.5 Å². The molecule has 31 heavy (non-hydrogen) atoms. The zero-order valence-corrected chi connectivity index (χ0v) is 19.4. The molecule has 0 aromatic heterocycles. The summed E-state index contributed by atoms with van der Waals surface area (Å²) in [5, 5.41) is 2.93. The van der Waals surface area contributed by atoms with Crippen LogP contribution in [0.25, 0.3) is 0 Å². The molecule has 0 aliphatic rings. The van der Waals surface area contributed by atoms with Gasteiger partial charge in [0.25, 0.3) is 5.91 Å². The summed E-state index contributed by atoms with van der Waals surface area (Å²) in [7, 11) is 1.60. The molecule has 0 heterocycles. The quantitative estimate of drug-likeness (QED) is 0.623. The maximum atomic E-state index is 13.3. The number of hydrogen-bond acceptors (Lipinski definition) is 4. The molecule has 0 spiro atoms. The Balaban J connectivity index is 2.26. The van der Waals surface area contributed by atoms with E-state index in [0.717, 1.165) is 16.7 Å². The number of methoxy groups -OCH3 is 1. The molecule has 168 valence electrons. The Morgan fingerprint density at radius 2 is 1.84 bits per heavy atom. The number of amides is 2. The van der Waals surface area contributed by atoms with E-state index in [1.165, 1.54) is 0 Å². The third-order valence-electron chi connectivity index (χ3n) is 5.00. The van der Waals surface area contributed by atoms with E-state index < -0.39 is 6.04 Å². The van der Waals surface area contributed by atoms with Gasteiger partial charge in [0.1, 0.15) is 17.5 Å².